The monoisotopic (exact) mass is 322 g/mol. The Labute approximate surface area is 129 Å². The third-order valence-corrected chi connectivity index (χ3v) is 6.07. The minimum absolute atomic E-state index is 0.0503. The van der Waals surface area contributed by atoms with Crippen LogP contribution in [0.15, 0.2) is 41.6 Å². The van der Waals surface area contributed by atoms with E-state index in [2.05, 4.69) is 10.3 Å². The summed E-state index contributed by atoms with van der Waals surface area (Å²) in [6, 6.07) is 9.08. The van der Waals surface area contributed by atoms with Crippen LogP contribution in [0.4, 0.5) is 0 Å². The fraction of sp³-hybridized carbons (Fsp3) is 0.429. The van der Waals surface area contributed by atoms with Crippen LogP contribution in [0.25, 0.3) is 5.69 Å². The predicted molar refractivity (Wildman–Crippen MR) is 80.1 cm³/mol. The number of aromatic nitrogens is 3. The number of hydrogen-bond donors (Lipinski definition) is 0. The Bertz CT molecular complexity index is 751. The molecular formula is C14H18N4O3S. The molecule has 0 radical (unpaired) electrons. The molecule has 0 spiro atoms. The SMILES string of the molecule is CN(C1(C)CCOC1)S(=O)(=O)c1cnnn1-c1ccccc1. The van der Waals surface area contributed by atoms with Gasteiger partial charge in [-0.15, -0.1) is 5.10 Å². The lowest BCUT2D eigenvalue weighted by Gasteiger charge is -2.32. The Morgan fingerprint density at radius 1 is 1.32 bits per heavy atom. The van der Waals surface area contributed by atoms with Crippen LogP contribution in [0.1, 0.15) is 13.3 Å². The van der Waals surface area contributed by atoms with Crippen molar-refractivity contribution in [3.05, 3.63) is 36.5 Å². The predicted octanol–water partition coefficient (Wildman–Crippen LogP) is 1.07. The van der Waals surface area contributed by atoms with Crippen molar-refractivity contribution in [3.63, 3.8) is 0 Å². The summed E-state index contributed by atoms with van der Waals surface area (Å²) in [5.41, 5.74) is 0.102. The van der Waals surface area contributed by atoms with E-state index in [0.29, 0.717) is 25.3 Å². The number of nitrogens with zero attached hydrogens (tertiary/aromatic N) is 4. The van der Waals surface area contributed by atoms with Crippen molar-refractivity contribution >= 4 is 10.0 Å². The average Bonchev–Trinajstić information content (AvgIpc) is 3.17. The highest BCUT2D eigenvalue weighted by Gasteiger charge is 2.42. The van der Waals surface area contributed by atoms with Gasteiger partial charge in [0.2, 0.25) is 0 Å². The highest BCUT2D eigenvalue weighted by molar-refractivity contribution is 7.89. The summed E-state index contributed by atoms with van der Waals surface area (Å²) in [7, 11) is -2.15. The van der Waals surface area contributed by atoms with E-state index < -0.39 is 15.6 Å². The molecule has 118 valence electrons. The zero-order chi connectivity index (χ0) is 15.8. The Hall–Kier alpha value is -1.77. The first kappa shape index (κ1) is 15.1. The Morgan fingerprint density at radius 2 is 2.05 bits per heavy atom. The smallest absolute Gasteiger partial charge is 0.262 e. The summed E-state index contributed by atoms with van der Waals surface area (Å²) in [5.74, 6) is 0. The van der Waals surface area contributed by atoms with Crippen LogP contribution in [0.5, 0.6) is 0 Å². The molecule has 1 saturated heterocycles. The van der Waals surface area contributed by atoms with Gasteiger partial charge in [-0.1, -0.05) is 23.4 Å². The number of benzene rings is 1. The third-order valence-electron chi connectivity index (χ3n) is 4.10. The van der Waals surface area contributed by atoms with Gasteiger partial charge in [0.25, 0.3) is 10.0 Å². The molecule has 0 N–H and O–H groups in total. The molecule has 1 atom stereocenters. The van der Waals surface area contributed by atoms with Crippen LogP contribution in [-0.2, 0) is 14.8 Å². The minimum atomic E-state index is -3.73. The molecule has 7 nitrogen and oxygen atoms in total. The topological polar surface area (TPSA) is 77.3 Å². The van der Waals surface area contributed by atoms with Gasteiger partial charge in [0.1, 0.15) is 0 Å². The van der Waals surface area contributed by atoms with Gasteiger partial charge >= 0.3 is 0 Å². The molecule has 0 saturated carbocycles. The average molecular weight is 322 g/mol. The summed E-state index contributed by atoms with van der Waals surface area (Å²) in [4.78, 5) is 0. The molecule has 1 aliphatic heterocycles. The van der Waals surface area contributed by atoms with Crippen LogP contribution >= 0.6 is 0 Å². The van der Waals surface area contributed by atoms with Crippen molar-refractivity contribution in [1.29, 1.82) is 0 Å². The molecule has 1 aliphatic rings. The molecule has 1 aromatic carbocycles. The first-order chi connectivity index (χ1) is 10.5. The Morgan fingerprint density at radius 3 is 2.68 bits per heavy atom. The van der Waals surface area contributed by atoms with Crippen LogP contribution in [-0.4, -0.2) is 53.5 Å². The number of rotatable bonds is 4. The van der Waals surface area contributed by atoms with Crippen LogP contribution < -0.4 is 0 Å². The van der Waals surface area contributed by atoms with Gasteiger partial charge in [-0.25, -0.2) is 13.1 Å². The standard InChI is InChI=1S/C14H18N4O3S/c1-14(8-9-21-11-14)17(2)22(19,20)13-10-15-16-18(13)12-6-4-3-5-7-12/h3-7,10H,8-9,11H2,1-2H3. The first-order valence-electron chi connectivity index (χ1n) is 6.98. The number of likely N-dealkylation sites (N-methyl/N-ethyl adjacent to an activating group) is 1. The maximum atomic E-state index is 12.9. The van der Waals surface area contributed by atoms with Gasteiger partial charge < -0.3 is 4.74 Å². The van der Waals surface area contributed by atoms with Crippen LogP contribution in [0, 0.1) is 0 Å². The molecule has 2 heterocycles. The van der Waals surface area contributed by atoms with Gasteiger partial charge in [-0.2, -0.15) is 4.31 Å². The fourth-order valence-corrected chi connectivity index (χ4v) is 4.03. The maximum Gasteiger partial charge on any atom is 0.262 e. The van der Waals surface area contributed by atoms with E-state index in [1.807, 2.05) is 25.1 Å². The normalized spacial score (nSPS) is 22.3. The van der Waals surface area contributed by atoms with Gasteiger partial charge in [0.05, 0.1) is 24.0 Å². The van der Waals surface area contributed by atoms with Crippen molar-refractivity contribution < 1.29 is 13.2 Å². The van der Waals surface area contributed by atoms with E-state index >= 15 is 0 Å². The van der Waals surface area contributed by atoms with E-state index in [0.717, 1.165) is 0 Å². The quantitative estimate of drug-likeness (QED) is 0.841. The lowest BCUT2D eigenvalue weighted by Crippen LogP contribution is -2.48. The number of hydrogen-bond acceptors (Lipinski definition) is 5. The summed E-state index contributed by atoms with van der Waals surface area (Å²) in [5, 5.41) is 7.74. The molecule has 1 aromatic heterocycles. The maximum absolute atomic E-state index is 12.9. The van der Waals surface area contributed by atoms with E-state index in [-0.39, 0.29) is 5.03 Å². The van der Waals surface area contributed by atoms with Gasteiger partial charge in [0.15, 0.2) is 5.03 Å². The van der Waals surface area contributed by atoms with E-state index in [1.54, 1.807) is 19.2 Å². The largest absolute Gasteiger partial charge is 0.379 e. The van der Waals surface area contributed by atoms with Crippen molar-refractivity contribution in [2.75, 3.05) is 20.3 Å². The Kier molecular flexibility index (Phi) is 3.75. The van der Waals surface area contributed by atoms with E-state index in [1.165, 1.54) is 15.2 Å². The second-order valence-corrected chi connectivity index (χ2v) is 7.51. The summed E-state index contributed by atoms with van der Waals surface area (Å²) < 4.78 is 34.0. The van der Waals surface area contributed by atoms with Crippen LogP contribution in [0.3, 0.4) is 0 Å². The Balaban J connectivity index is 2.02. The lowest BCUT2D eigenvalue weighted by atomic mass is 10.0. The molecule has 1 unspecified atom stereocenters. The second-order valence-electron chi connectivity index (χ2n) is 5.59. The molecule has 22 heavy (non-hydrogen) atoms. The number of para-hydroxylation sites is 1. The van der Waals surface area contributed by atoms with Gasteiger partial charge in [-0.3, -0.25) is 0 Å². The highest BCUT2D eigenvalue weighted by Crippen LogP contribution is 2.30. The molecular weight excluding hydrogens is 304 g/mol. The summed E-state index contributed by atoms with van der Waals surface area (Å²) in [6.45, 7) is 2.83. The van der Waals surface area contributed by atoms with Gasteiger partial charge in [-0.05, 0) is 25.5 Å². The van der Waals surface area contributed by atoms with Crippen molar-refractivity contribution in [3.8, 4) is 5.69 Å². The van der Waals surface area contributed by atoms with Crippen molar-refractivity contribution in [2.45, 2.75) is 23.9 Å². The number of sulfonamides is 1. The molecule has 2 aromatic rings. The van der Waals surface area contributed by atoms with E-state index in [9.17, 15) is 8.42 Å². The van der Waals surface area contributed by atoms with Gasteiger partial charge in [0, 0.05) is 13.7 Å². The highest BCUT2D eigenvalue weighted by atomic mass is 32.2. The molecule has 3 rings (SSSR count). The molecule has 0 aliphatic carbocycles. The molecule has 0 amide bonds. The fourth-order valence-electron chi connectivity index (χ4n) is 2.48. The van der Waals surface area contributed by atoms with Crippen molar-refractivity contribution in [2.24, 2.45) is 0 Å². The van der Waals surface area contributed by atoms with Crippen molar-refractivity contribution in [1.82, 2.24) is 19.3 Å². The summed E-state index contributed by atoms with van der Waals surface area (Å²) >= 11 is 0. The zero-order valence-corrected chi connectivity index (χ0v) is 13.3. The molecule has 8 heteroatoms. The number of ether oxygens (including phenoxy) is 1. The second kappa shape index (κ2) is 5.45. The van der Waals surface area contributed by atoms with E-state index in [4.69, 9.17) is 4.74 Å². The molecule has 0 bridgehead atoms. The summed E-state index contributed by atoms with van der Waals surface area (Å²) in [6.07, 6.45) is 1.94. The molecule has 1 fully saturated rings. The zero-order valence-electron chi connectivity index (χ0n) is 12.5. The lowest BCUT2D eigenvalue weighted by molar-refractivity contribution is 0.147. The third kappa shape index (κ3) is 2.43. The van der Waals surface area contributed by atoms with Crippen LogP contribution in [0.2, 0.25) is 0 Å². The first-order valence-corrected chi connectivity index (χ1v) is 8.42. The minimum Gasteiger partial charge on any atom is -0.379 e.